The zero-order valence-corrected chi connectivity index (χ0v) is 13.6. The Morgan fingerprint density at radius 3 is 2.57 bits per heavy atom. The van der Waals surface area contributed by atoms with Gasteiger partial charge < -0.3 is 10.4 Å². The molecule has 0 heterocycles. The number of nitrogens with one attached hydrogen (secondary N) is 1. The lowest BCUT2D eigenvalue weighted by atomic mass is 10.1. The molecule has 0 fully saturated rings. The van der Waals surface area contributed by atoms with E-state index in [0.717, 1.165) is 10.0 Å². The number of aliphatic hydroxyl groups is 1. The molecule has 0 radical (unpaired) electrons. The van der Waals surface area contributed by atoms with Crippen LogP contribution in [0.3, 0.4) is 0 Å². The lowest BCUT2D eigenvalue weighted by molar-refractivity contribution is 0.0916. The molecule has 0 spiro atoms. The number of rotatable bonds is 5. The fraction of sp³-hybridized carbons (Fsp3) is 0.188. The topological polar surface area (TPSA) is 49.3 Å². The monoisotopic (exact) mass is 367 g/mol. The second-order valence-electron chi connectivity index (χ2n) is 4.67. The predicted molar refractivity (Wildman–Crippen MR) is 87.6 cm³/mol. The van der Waals surface area contributed by atoms with Crippen molar-refractivity contribution >= 4 is 33.4 Å². The molecule has 0 aliphatic carbocycles. The van der Waals surface area contributed by atoms with E-state index in [-0.39, 0.29) is 18.6 Å². The normalized spacial score (nSPS) is 12.0. The van der Waals surface area contributed by atoms with Crippen molar-refractivity contribution in [1.29, 1.82) is 0 Å². The van der Waals surface area contributed by atoms with Crippen LogP contribution in [0.2, 0.25) is 5.02 Å². The van der Waals surface area contributed by atoms with E-state index in [2.05, 4.69) is 21.2 Å². The number of hydrogen-bond acceptors (Lipinski definition) is 2. The van der Waals surface area contributed by atoms with Crippen LogP contribution in [0.1, 0.15) is 15.9 Å². The molecule has 0 aliphatic rings. The molecule has 0 saturated heterocycles. The van der Waals surface area contributed by atoms with Crippen molar-refractivity contribution in [3.05, 3.63) is 69.2 Å². The maximum Gasteiger partial charge on any atom is 0.253 e. The van der Waals surface area contributed by atoms with Gasteiger partial charge in [0.05, 0.1) is 23.2 Å². The number of amides is 1. The highest BCUT2D eigenvalue weighted by Crippen LogP contribution is 2.21. The van der Waals surface area contributed by atoms with E-state index in [9.17, 15) is 9.90 Å². The first kappa shape index (κ1) is 16.0. The summed E-state index contributed by atoms with van der Waals surface area (Å²) in [7, 11) is 0. The van der Waals surface area contributed by atoms with Crippen LogP contribution in [0.25, 0.3) is 0 Å². The summed E-state index contributed by atoms with van der Waals surface area (Å²) in [5.41, 5.74) is 1.45. The molecule has 21 heavy (non-hydrogen) atoms. The summed E-state index contributed by atoms with van der Waals surface area (Å²) in [6.07, 6.45) is 0.567. The molecule has 1 atom stereocenters. The molecular formula is C16H15BrClNO2. The zero-order valence-electron chi connectivity index (χ0n) is 11.2. The first-order valence-electron chi connectivity index (χ1n) is 6.51. The first-order valence-corrected chi connectivity index (χ1v) is 7.68. The van der Waals surface area contributed by atoms with Crippen LogP contribution in [0.5, 0.6) is 0 Å². The lowest BCUT2D eigenvalue weighted by Gasteiger charge is -2.17. The van der Waals surface area contributed by atoms with Crippen molar-refractivity contribution in [2.24, 2.45) is 0 Å². The molecule has 3 nitrogen and oxygen atoms in total. The van der Waals surface area contributed by atoms with Gasteiger partial charge in [0.2, 0.25) is 0 Å². The minimum atomic E-state index is -0.348. The van der Waals surface area contributed by atoms with Gasteiger partial charge in [-0.15, -0.1) is 0 Å². The highest BCUT2D eigenvalue weighted by atomic mass is 79.9. The van der Waals surface area contributed by atoms with Gasteiger partial charge in [0.15, 0.2) is 0 Å². The minimum Gasteiger partial charge on any atom is -0.394 e. The average molecular weight is 369 g/mol. The standard InChI is InChI=1S/C16H15BrClNO2/c17-12-6-7-14(15(18)9-12)16(21)19-13(10-20)8-11-4-2-1-3-5-11/h1-7,9,13,20H,8,10H2,(H,19,21)/t13-/m0/s1. The maximum atomic E-state index is 12.2. The minimum absolute atomic E-state index is 0.130. The molecule has 0 unspecified atom stereocenters. The van der Waals surface area contributed by atoms with E-state index in [1.54, 1.807) is 18.2 Å². The summed E-state index contributed by atoms with van der Waals surface area (Å²) in [4.78, 5) is 12.2. The van der Waals surface area contributed by atoms with Crippen LogP contribution in [0.15, 0.2) is 53.0 Å². The van der Waals surface area contributed by atoms with Crippen LogP contribution in [0, 0.1) is 0 Å². The van der Waals surface area contributed by atoms with Crippen molar-refractivity contribution in [3.63, 3.8) is 0 Å². The molecule has 2 N–H and O–H groups in total. The quantitative estimate of drug-likeness (QED) is 0.849. The van der Waals surface area contributed by atoms with Gasteiger partial charge in [-0.25, -0.2) is 0 Å². The van der Waals surface area contributed by atoms with Crippen molar-refractivity contribution in [2.75, 3.05) is 6.61 Å². The number of carbonyl (C=O) groups is 1. The van der Waals surface area contributed by atoms with Gasteiger partial charge in [0.1, 0.15) is 0 Å². The van der Waals surface area contributed by atoms with E-state index in [4.69, 9.17) is 11.6 Å². The summed E-state index contributed by atoms with van der Waals surface area (Å²) in [6.45, 7) is -0.130. The number of aliphatic hydroxyl groups excluding tert-OH is 1. The van der Waals surface area contributed by atoms with Crippen molar-refractivity contribution < 1.29 is 9.90 Å². The summed E-state index contributed by atoms with van der Waals surface area (Å²) in [5, 5.41) is 12.6. The molecule has 1 amide bonds. The smallest absolute Gasteiger partial charge is 0.253 e. The van der Waals surface area contributed by atoms with Gasteiger partial charge in [-0.3, -0.25) is 4.79 Å². The van der Waals surface area contributed by atoms with Gasteiger partial charge in [-0.1, -0.05) is 57.9 Å². The third-order valence-corrected chi connectivity index (χ3v) is 3.86. The van der Waals surface area contributed by atoms with Gasteiger partial charge >= 0.3 is 0 Å². The van der Waals surface area contributed by atoms with E-state index in [1.807, 2.05) is 30.3 Å². The van der Waals surface area contributed by atoms with Crippen molar-refractivity contribution in [2.45, 2.75) is 12.5 Å². The Morgan fingerprint density at radius 1 is 1.24 bits per heavy atom. The Bertz CT molecular complexity index is 619. The highest BCUT2D eigenvalue weighted by Gasteiger charge is 2.16. The van der Waals surface area contributed by atoms with Gasteiger partial charge in [-0.05, 0) is 30.2 Å². The number of hydrogen-bond donors (Lipinski definition) is 2. The number of halogens is 2. The molecule has 0 aromatic heterocycles. The van der Waals surface area contributed by atoms with Crippen LogP contribution in [0.4, 0.5) is 0 Å². The van der Waals surface area contributed by atoms with Crippen LogP contribution in [-0.2, 0) is 6.42 Å². The Kier molecular flexibility index (Phi) is 5.79. The van der Waals surface area contributed by atoms with Crippen LogP contribution >= 0.6 is 27.5 Å². The van der Waals surface area contributed by atoms with Crippen LogP contribution in [-0.4, -0.2) is 23.7 Å². The van der Waals surface area contributed by atoms with Crippen molar-refractivity contribution in [3.8, 4) is 0 Å². The zero-order chi connectivity index (χ0) is 15.2. The fourth-order valence-electron chi connectivity index (χ4n) is 2.00. The molecule has 110 valence electrons. The summed E-state index contributed by atoms with van der Waals surface area (Å²) in [5.74, 6) is -0.289. The summed E-state index contributed by atoms with van der Waals surface area (Å²) >= 11 is 9.36. The average Bonchev–Trinajstić information content (AvgIpc) is 2.47. The Balaban J connectivity index is 2.06. The highest BCUT2D eigenvalue weighted by molar-refractivity contribution is 9.10. The number of benzene rings is 2. The fourth-order valence-corrected chi connectivity index (χ4v) is 2.76. The number of carbonyl (C=O) groups excluding carboxylic acids is 1. The van der Waals surface area contributed by atoms with Crippen molar-refractivity contribution in [1.82, 2.24) is 5.32 Å². The van der Waals surface area contributed by atoms with Gasteiger partial charge in [0, 0.05) is 4.47 Å². The first-order chi connectivity index (χ1) is 10.1. The van der Waals surface area contributed by atoms with Gasteiger partial charge in [0.25, 0.3) is 5.91 Å². The molecule has 2 aromatic carbocycles. The van der Waals surface area contributed by atoms with E-state index >= 15 is 0 Å². The van der Waals surface area contributed by atoms with Gasteiger partial charge in [-0.2, -0.15) is 0 Å². The SMILES string of the molecule is O=C(N[C@H](CO)Cc1ccccc1)c1ccc(Br)cc1Cl. The predicted octanol–water partition coefficient (Wildman–Crippen LogP) is 3.44. The molecule has 2 rings (SSSR count). The molecular weight excluding hydrogens is 354 g/mol. The summed E-state index contributed by atoms with van der Waals surface area (Å²) in [6, 6.07) is 14.4. The maximum absolute atomic E-state index is 12.2. The lowest BCUT2D eigenvalue weighted by Crippen LogP contribution is -2.39. The third-order valence-electron chi connectivity index (χ3n) is 3.06. The second-order valence-corrected chi connectivity index (χ2v) is 5.99. The third kappa shape index (κ3) is 4.56. The van der Waals surface area contributed by atoms with E-state index in [0.29, 0.717) is 17.0 Å². The van der Waals surface area contributed by atoms with E-state index in [1.165, 1.54) is 0 Å². The molecule has 2 aromatic rings. The largest absolute Gasteiger partial charge is 0.394 e. The molecule has 0 bridgehead atoms. The Labute approximate surface area is 137 Å². The van der Waals surface area contributed by atoms with E-state index < -0.39 is 0 Å². The molecule has 5 heteroatoms. The Hall–Kier alpha value is -1.36. The van der Waals surface area contributed by atoms with Crippen LogP contribution < -0.4 is 5.32 Å². The second kappa shape index (κ2) is 7.59. The Morgan fingerprint density at radius 2 is 1.95 bits per heavy atom. The molecule has 0 aliphatic heterocycles. The molecule has 0 saturated carbocycles. The summed E-state index contributed by atoms with van der Waals surface area (Å²) < 4.78 is 0.812.